The number of guanidine groups is 1. The minimum Gasteiger partial charge on any atom is -0.365 e. The van der Waals surface area contributed by atoms with Gasteiger partial charge in [0, 0.05) is 25.7 Å². The maximum absolute atomic E-state index is 13.8. The number of anilines is 1. The minimum absolute atomic E-state index is 0. The zero-order valence-corrected chi connectivity index (χ0v) is 15.5. The van der Waals surface area contributed by atoms with Crippen LogP contribution < -0.4 is 15.5 Å². The Morgan fingerprint density at radius 1 is 1.43 bits per heavy atom. The normalized spacial score (nSPS) is 17.6. The van der Waals surface area contributed by atoms with Gasteiger partial charge in [0.05, 0.1) is 6.54 Å². The van der Waals surface area contributed by atoms with Crippen LogP contribution in [-0.2, 0) is 0 Å². The zero-order chi connectivity index (χ0) is 15.9. The first kappa shape index (κ1) is 19.7. The second-order valence-corrected chi connectivity index (χ2v) is 5.15. The molecule has 4 nitrogen and oxygen atoms in total. The number of aliphatic imine (C=N–C) groups is 1. The molecular weight excluding hydrogens is 413 g/mol. The van der Waals surface area contributed by atoms with Gasteiger partial charge >= 0.3 is 0 Å². The van der Waals surface area contributed by atoms with Crippen LogP contribution in [0, 0.1) is 11.6 Å². The van der Waals surface area contributed by atoms with Crippen LogP contribution in [0.1, 0.15) is 13.3 Å². The third-order valence-electron chi connectivity index (χ3n) is 3.51. The summed E-state index contributed by atoms with van der Waals surface area (Å²) in [6.45, 7) is 8.05. The van der Waals surface area contributed by atoms with Crippen LogP contribution in [0.2, 0.25) is 0 Å². The van der Waals surface area contributed by atoms with Crippen molar-refractivity contribution in [2.45, 2.75) is 19.4 Å². The molecule has 128 valence electrons. The average Bonchev–Trinajstić information content (AvgIpc) is 2.93. The molecule has 0 spiro atoms. The molecule has 1 atom stereocenters. The van der Waals surface area contributed by atoms with Crippen molar-refractivity contribution < 1.29 is 8.78 Å². The van der Waals surface area contributed by atoms with E-state index < -0.39 is 11.6 Å². The molecule has 0 saturated carbocycles. The minimum atomic E-state index is -0.520. The molecule has 23 heavy (non-hydrogen) atoms. The Morgan fingerprint density at radius 3 is 2.74 bits per heavy atom. The smallest absolute Gasteiger partial charge is 0.191 e. The summed E-state index contributed by atoms with van der Waals surface area (Å²) in [7, 11) is 0. The van der Waals surface area contributed by atoms with E-state index in [9.17, 15) is 8.78 Å². The predicted octanol–water partition coefficient (Wildman–Crippen LogP) is 2.90. The molecular formula is C16H23F2IN4. The summed E-state index contributed by atoms with van der Waals surface area (Å²) in [6, 6.07) is 4.05. The molecule has 0 aliphatic carbocycles. The number of nitrogens with zero attached hydrogens (tertiary/aromatic N) is 2. The highest BCUT2D eigenvalue weighted by Gasteiger charge is 2.27. The van der Waals surface area contributed by atoms with E-state index >= 15 is 0 Å². The van der Waals surface area contributed by atoms with Gasteiger partial charge < -0.3 is 15.5 Å². The summed E-state index contributed by atoms with van der Waals surface area (Å²) in [5.41, 5.74) is 0.0554. The molecule has 1 aromatic rings. The maximum Gasteiger partial charge on any atom is 0.191 e. The Morgan fingerprint density at radius 2 is 2.13 bits per heavy atom. The number of halogens is 3. The number of hydrogen-bond donors (Lipinski definition) is 2. The van der Waals surface area contributed by atoms with Crippen molar-refractivity contribution in [2.75, 3.05) is 31.1 Å². The Bertz CT molecular complexity index is 531. The van der Waals surface area contributed by atoms with E-state index in [2.05, 4.69) is 22.2 Å². The summed E-state index contributed by atoms with van der Waals surface area (Å²) < 4.78 is 27.7. The number of nitrogens with one attached hydrogen (secondary N) is 2. The standard InChI is InChI=1S/C16H22F2N4.HI/c1-3-9-20-16(19-4-2)21-12-8-10-22(11-12)15-13(17)6-5-7-14(15)18;/h3,5-7,12H,1,4,8-11H2,2H3,(H2,19,20,21);1H. The summed E-state index contributed by atoms with van der Waals surface area (Å²) in [6.07, 6.45) is 2.51. The van der Waals surface area contributed by atoms with Crippen LogP contribution >= 0.6 is 24.0 Å². The monoisotopic (exact) mass is 436 g/mol. The largest absolute Gasteiger partial charge is 0.365 e. The number of para-hydroxylation sites is 1. The lowest BCUT2D eigenvalue weighted by atomic mass is 10.2. The van der Waals surface area contributed by atoms with Crippen molar-refractivity contribution in [3.8, 4) is 0 Å². The van der Waals surface area contributed by atoms with Crippen molar-refractivity contribution in [1.29, 1.82) is 0 Å². The van der Waals surface area contributed by atoms with Crippen LogP contribution in [0.25, 0.3) is 0 Å². The molecule has 2 rings (SSSR count). The Balaban J connectivity index is 0.00000264. The first-order chi connectivity index (χ1) is 10.7. The molecule has 0 amide bonds. The predicted molar refractivity (Wildman–Crippen MR) is 102 cm³/mol. The fourth-order valence-electron chi connectivity index (χ4n) is 2.54. The van der Waals surface area contributed by atoms with Crippen molar-refractivity contribution in [3.63, 3.8) is 0 Å². The van der Waals surface area contributed by atoms with Crippen molar-refractivity contribution in [3.05, 3.63) is 42.5 Å². The van der Waals surface area contributed by atoms with Crippen LogP contribution in [0.15, 0.2) is 35.8 Å². The van der Waals surface area contributed by atoms with Gasteiger partial charge in [0.2, 0.25) is 0 Å². The summed E-state index contributed by atoms with van der Waals surface area (Å²) in [5, 5.41) is 6.44. The van der Waals surface area contributed by atoms with E-state index in [4.69, 9.17) is 0 Å². The number of rotatable bonds is 5. The van der Waals surface area contributed by atoms with Crippen molar-refractivity contribution in [2.24, 2.45) is 4.99 Å². The summed E-state index contributed by atoms with van der Waals surface area (Å²) >= 11 is 0. The molecule has 0 bridgehead atoms. The molecule has 0 radical (unpaired) electrons. The van der Waals surface area contributed by atoms with Gasteiger partial charge in [-0.15, -0.1) is 30.6 Å². The van der Waals surface area contributed by atoms with Crippen LogP contribution in [0.3, 0.4) is 0 Å². The van der Waals surface area contributed by atoms with Gasteiger partial charge in [-0.2, -0.15) is 0 Å². The van der Waals surface area contributed by atoms with Gasteiger partial charge in [-0.3, -0.25) is 0 Å². The van der Waals surface area contributed by atoms with E-state index in [1.54, 1.807) is 11.0 Å². The van der Waals surface area contributed by atoms with Crippen molar-refractivity contribution in [1.82, 2.24) is 10.6 Å². The maximum atomic E-state index is 13.8. The molecule has 1 aromatic carbocycles. The third-order valence-corrected chi connectivity index (χ3v) is 3.51. The lowest BCUT2D eigenvalue weighted by molar-refractivity contribution is 0.576. The van der Waals surface area contributed by atoms with E-state index in [0.717, 1.165) is 13.0 Å². The molecule has 1 saturated heterocycles. The average molecular weight is 436 g/mol. The lowest BCUT2D eigenvalue weighted by Crippen LogP contribution is -2.44. The van der Waals surface area contributed by atoms with Gasteiger partial charge in [0.25, 0.3) is 0 Å². The van der Waals surface area contributed by atoms with Crippen LogP contribution in [0.5, 0.6) is 0 Å². The highest BCUT2D eigenvalue weighted by atomic mass is 127. The molecule has 2 N–H and O–H groups in total. The summed E-state index contributed by atoms with van der Waals surface area (Å²) in [4.78, 5) is 6.07. The van der Waals surface area contributed by atoms with Gasteiger partial charge in [0.15, 0.2) is 5.96 Å². The van der Waals surface area contributed by atoms with Crippen molar-refractivity contribution >= 4 is 35.6 Å². The molecule has 7 heteroatoms. The molecule has 1 unspecified atom stereocenters. The second-order valence-electron chi connectivity index (χ2n) is 5.15. The second kappa shape index (κ2) is 9.69. The van der Waals surface area contributed by atoms with Gasteiger partial charge in [-0.1, -0.05) is 12.1 Å². The van der Waals surface area contributed by atoms with E-state index in [0.29, 0.717) is 25.6 Å². The van der Waals surface area contributed by atoms with Gasteiger partial charge in [-0.25, -0.2) is 13.8 Å². The fraction of sp³-hybridized carbons (Fsp3) is 0.438. The van der Waals surface area contributed by atoms with E-state index in [1.807, 2.05) is 6.92 Å². The first-order valence-electron chi connectivity index (χ1n) is 7.50. The third kappa shape index (κ3) is 5.33. The molecule has 1 aliphatic heterocycles. The first-order valence-corrected chi connectivity index (χ1v) is 7.50. The zero-order valence-electron chi connectivity index (χ0n) is 13.2. The highest BCUT2D eigenvalue weighted by molar-refractivity contribution is 14.0. The molecule has 0 aromatic heterocycles. The number of hydrogen-bond acceptors (Lipinski definition) is 2. The molecule has 1 aliphatic rings. The fourth-order valence-corrected chi connectivity index (χ4v) is 2.54. The Hall–Kier alpha value is -1.38. The van der Waals surface area contributed by atoms with E-state index in [-0.39, 0.29) is 35.7 Å². The lowest BCUT2D eigenvalue weighted by Gasteiger charge is -2.21. The SMILES string of the molecule is C=CCN=C(NCC)NC1CCN(c2c(F)cccc2F)C1.I. The quantitative estimate of drug-likeness (QED) is 0.323. The van der Waals surface area contributed by atoms with Crippen LogP contribution in [-0.4, -0.2) is 38.2 Å². The van der Waals surface area contributed by atoms with Gasteiger partial charge in [-0.05, 0) is 25.5 Å². The highest BCUT2D eigenvalue weighted by Crippen LogP contribution is 2.26. The van der Waals surface area contributed by atoms with E-state index in [1.165, 1.54) is 18.2 Å². The molecule has 1 heterocycles. The topological polar surface area (TPSA) is 39.7 Å². The van der Waals surface area contributed by atoms with Crippen LogP contribution in [0.4, 0.5) is 14.5 Å². The molecule has 1 fully saturated rings. The van der Waals surface area contributed by atoms with Gasteiger partial charge in [0.1, 0.15) is 17.3 Å². The summed E-state index contributed by atoms with van der Waals surface area (Å²) in [5.74, 6) is -0.344. The Labute approximate surface area is 153 Å². The number of benzene rings is 1. The Kier molecular flexibility index (Phi) is 8.29.